The van der Waals surface area contributed by atoms with E-state index in [1.165, 1.54) is 0 Å². The molecular formula is C12H20N2O5. The van der Waals surface area contributed by atoms with Gasteiger partial charge in [0.1, 0.15) is 6.10 Å². The van der Waals surface area contributed by atoms with Crippen molar-refractivity contribution in [2.75, 3.05) is 26.3 Å². The Morgan fingerprint density at radius 3 is 2.79 bits per heavy atom. The van der Waals surface area contributed by atoms with Gasteiger partial charge in [-0.2, -0.15) is 0 Å². The molecule has 0 aromatic carbocycles. The fraction of sp³-hybridized carbons (Fsp3) is 0.833. The summed E-state index contributed by atoms with van der Waals surface area (Å²) in [5.74, 6) is -1.06. The number of ether oxygens (including phenoxy) is 2. The summed E-state index contributed by atoms with van der Waals surface area (Å²) in [5, 5.41) is 8.87. The SMILES string of the molecule is NCC1CCC(C(=O)N2CCOCC2CC(=O)O)O1. The average Bonchev–Trinajstić information content (AvgIpc) is 2.86. The van der Waals surface area contributed by atoms with Gasteiger partial charge in [0.05, 0.1) is 31.8 Å². The number of morpholine rings is 1. The van der Waals surface area contributed by atoms with Gasteiger partial charge >= 0.3 is 5.97 Å². The van der Waals surface area contributed by atoms with Crippen LogP contribution in [-0.2, 0) is 19.1 Å². The minimum absolute atomic E-state index is 0.0621. The first-order chi connectivity index (χ1) is 9.11. The van der Waals surface area contributed by atoms with Gasteiger partial charge < -0.3 is 25.2 Å². The first-order valence-corrected chi connectivity index (χ1v) is 6.57. The molecule has 2 aliphatic heterocycles. The number of nitrogens with zero attached hydrogens (tertiary/aromatic N) is 1. The van der Waals surface area contributed by atoms with E-state index in [0.29, 0.717) is 26.1 Å². The third kappa shape index (κ3) is 3.43. The Balaban J connectivity index is 1.97. The first-order valence-electron chi connectivity index (χ1n) is 6.57. The summed E-state index contributed by atoms with van der Waals surface area (Å²) in [5.41, 5.74) is 5.52. The molecule has 2 heterocycles. The van der Waals surface area contributed by atoms with Gasteiger partial charge in [0, 0.05) is 13.1 Å². The number of aliphatic carboxylic acids is 1. The zero-order chi connectivity index (χ0) is 13.8. The number of carboxylic acids is 1. The number of hydrogen-bond donors (Lipinski definition) is 2. The van der Waals surface area contributed by atoms with E-state index in [2.05, 4.69) is 0 Å². The Kier molecular flexibility index (Phi) is 4.73. The predicted octanol–water partition coefficient (Wildman–Crippen LogP) is -0.805. The third-order valence-electron chi connectivity index (χ3n) is 3.57. The minimum Gasteiger partial charge on any atom is -0.481 e. The van der Waals surface area contributed by atoms with E-state index < -0.39 is 18.1 Å². The van der Waals surface area contributed by atoms with Crippen LogP contribution in [0.25, 0.3) is 0 Å². The molecule has 19 heavy (non-hydrogen) atoms. The van der Waals surface area contributed by atoms with Crippen LogP contribution in [0.15, 0.2) is 0 Å². The molecule has 7 nitrogen and oxygen atoms in total. The van der Waals surface area contributed by atoms with Crippen LogP contribution in [0.4, 0.5) is 0 Å². The minimum atomic E-state index is -0.930. The van der Waals surface area contributed by atoms with E-state index in [1.807, 2.05) is 0 Å². The topological polar surface area (TPSA) is 102 Å². The van der Waals surface area contributed by atoms with Gasteiger partial charge in [-0.3, -0.25) is 9.59 Å². The fourth-order valence-electron chi connectivity index (χ4n) is 2.56. The van der Waals surface area contributed by atoms with E-state index in [-0.39, 0.29) is 25.0 Å². The standard InChI is InChI=1S/C12H20N2O5/c13-6-9-1-2-10(19-9)12(17)14-3-4-18-7-8(14)5-11(15)16/h8-10H,1-7,13H2,(H,15,16). The predicted molar refractivity (Wildman–Crippen MR) is 65.5 cm³/mol. The number of amides is 1. The van der Waals surface area contributed by atoms with E-state index in [9.17, 15) is 9.59 Å². The molecule has 0 radical (unpaired) electrons. The molecule has 2 fully saturated rings. The van der Waals surface area contributed by atoms with Crippen LogP contribution >= 0.6 is 0 Å². The molecule has 0 aromatic heterocycles. The molecule has 0 bridgehead atoms. The van der Waals surface area contributed by atoms with Crippen molar-refractivity contribution in [3.8, 4) is 0 Å². The molecule has 2 rings (SSSR count). The highest BCUT2D eigenvalue weighted by Gasteiger charge is 2.37. The summed E-state index contributed by atoms with van der Waals surface area (Å²) < 4.78 is 10.8. The summed E-state index contributed by atoms with van der Waals surface area (Å²) >= 11 is 0. The van der Waals surface area contributed by atoms with Gasteiger partial charge in [0.2, 0.25) is 0 Å². The van der Waals surface area contributed by atoms with Crippen molar-refractivity contribution in [2.24, 2.45) is 5.73 Å². The van der Waals surface area contributed by atoms with Gasteiger partial charge in [-0.25, -0.2) is 0 Å². The second kappa shape index (κ2) is 6.31. The van der Waals surface area contributed by atoms with Crippen LogP contribution in [0.2, 0.25) is 0 Å². The Hall–Kier alpha value is -1.18. The largest absolute Gasteiger partial charge is 0.481 e. The molecule has 0 saturated carbocycles. The average molecular weight is 272 g/mol. The van der Waals surface area contributed by atoms with Crippen molar-refractivity contribution >= 4 is 11.9 Å². The number of nitrogens with two attached hydrogens (primary N) is 1. The maximum Gasteiger partial charge on any atom is 0.305 e. The molecule has 0 aliphatic carbocycles. The summed E-state index contributed by atoms with van der Waals surface area (Å²) in [4.78, 5) is 24.8. The number of hydrogen-bond acceptors (Lipinski definition) is 5. The number of carbonyl (C=O) groups is 2. The van der Waals surface area contributed by atoms with E-state index in [1.54, 1.807) is 4.90 Å². The van der Waals surface area contributed by atoms with Gasteiger partial charge in [0.15, 0.2) is 0 Å². The zero-order valence-corrected chi connectivity index (χ0v) is 10.8. The van der Waals surface area contributed by atoms with E-state index in [4.69, 9.17) is 20.3 Å². The fourth-order valence-corrected chi connectivity index (χ4v) is 2.56. The van der Waals surface area contributed by atoms with Crippen LogP contribution in [-0.4, -0.2) is 66.4 Å². The van der Waals surface area contributed by atoms with Crippen molar-refractivity contribution in [2.45, 2.75) is 37.5 Å². The normalized spacial score (nSPS) is 31.4. The molecule has 0 aromatic rings. The molecule has 2 saturated heterocycles. The van der Waals surface area contributed by atoms with E-state index >= 15 is 0 Å². The Morgan fingerprint density at radius 1 is 1.37 bits per heavy atom. The number of carbonyl (C=O) groups excluding carboxylic acids is 1. The Morgan fingerprint density at radius 2 is 2.16 bits per heavy atom. The van der Waals surface area contributed by atoms with E-state index in [0.717, 1.165) is 6.42 Å². The molecule has 0 spiro atoms. The summed E-state index contributed by atoms with van der Waals surface area (Å²) in [6.07, 6.45) is 0.785. The van der Waals surface area contributed by atoms with Crippen LogP contribution in [0.3, 0.4) is 0 Å². The molecule has 1 amide bonds. The molecule has 2 aliphatic rings. The van der Waals surface area contributed by atoms with Gasteiger partial charge in [0.25, 0.3) is 5.91 Å². The van der Waals surface area contributed by atoms with Crippen LogP contribution in [0, 0.1) is 0 Å². The van der Waals surface area contributed by atoms with Crippen LogP contribution in [0.1, 0.15) is 19.3 Å². The lowest BCUT2D eigenvalue weighted by molar-refractivity contribution is -0.154. The number of rotatable bonds is 4. The van der Waals surface area contributed by atoms with Crippen molar-refractivity contribution in [1.82, 2.24) is 4.90 Å². The molecule has 3 N–H and O–H groups in total. The Bertz CT molecular complexity index is 349. The summed E-state index contributed by atoms with van der Waals surface area (Å²) in [7, 11) is 0. The molecule has 108 valence electrons. The van der Waals surface area contributed by atoms with Gasteiger partial charge in [-0.15, -0.1) is 0 Å². The lowest BCUT2D eigenvalue weighted by Gasteiger charge is -2.36. The van der Waals surface area contributed by atoms with Crippen molar-refractivity contribution in [3.05, 3.63) is 0 Å². The van der Waals surface area contributed by atoms with Crippen LogP contribution in [0.5, 0.6) is 0 Å². The van der Waals surface area contributed by atoms with Gasteiger partial charge in [-0.05, 0) is 12.8 Å². The monoisotopic (exact) mass is 272 g/mol. The molecule has 3 unspecified atom stereocenters. The first kappa shape index (κ1) is 14.2. The number of carboxylic acid groups (broad SMARTS) is 1. The quantitative estimate of drug-likeness (QED) is 0.694. The second-order valence-electron chi connectivity index (χ2n) is 4.92. The van der Waals surface area contributed by atoms with Crippen molar-refractivity contribution in [1.29, 1.82) is 0 Å². The maximum absolute atomic E-state index is 12.4. The van der Waals surface area contributed by atoms with Crippen molar-refractivity contribution in [3.63, 3.8) is 0 Å². The lowest BCUT2D eigenvalue weighted by atomic mass is 10.1. The highest BCUT2D eigenvalue weighted by molar-refractivity contribution is 5.82. The highest BCUT2D eigenvalue weighted by Crippen LogP contribution is 2.23. The molecule has 3 atom stereocenters. The second-order valence-corrected chi connectivity index (χ2v) is 4.92. The summed E-state index contributed by atoms with van der Waals surface area (Å²) in [6.45, 7) is 1.54. The van der Waals surface area contributed by atoms with Crippen LogP contribution < -0.4 is 5.73 Å². The van der Waals surface area contributed by atoms with Gasteiger partial charge in [-0.1, -0.05) is 0 Å². The zero-order valence-electron chi connectivity index (χ0n) is 10.8. The Labute approximate surface area is 111 Å². The molecular weight excluding hydrogens is 252 g/mol. The third-order valence-corrected chi connectivity index (χ3v) is 3.57. The van der Waals surface area contributed by atoms with Crippen molar-refractivity contribution < 1.29 is 24.2 Å². The smallest absolute Gasteiger partial charge is 0.305 e. The summed E-state index contributed by atoms with van der Waals surface area (Å²) in [6, 6.07) is -0.403. The maximum atomic E-state index is 12.4. The lowest BCUT2D eigenvalue weighted by Crippen LogP contribution is -2.52. The molecule has 7 heteroatoms. The highest BCUT2D eigenvalue weighted by atomic mass is 16.5.